The van der Waals surface area contributed by atoms with Crippen LogP contribution in [0.5, 0.6) is 0 Å². The van der Waals surface area contributed by atoms with Crippen LogP contribution >= 0.6 is 0 Å². The number of hydrogen-bond donors (Lipinski definition) is 2. The molecule has 1 aromatic rings. The van der Waals surface area contributed by atoms with Crippen molar-refractivity contribution in [1.29, 1.82) is 0 Å². The Bertz CT molecular complexity index is 413. The Morgan fingerprint density at radius 1 is 1.76 bits per heavy atom. The Morgan fingerprint density at radius 2 is 2.29 bits per heavy atom. The molecule has 17 heavy (non-hydrogen) atoms. The molecule has 0 radical (unpaired) electrons. The van der Waals surface area contributed by atoms with E-state index in [-0.39, 0.29) is 19.0 Å². The number of carbonyl (C=O) groups is 1. The first kappa shape index (κ1) is 14.8. The second kappa shape index (κ2) is 7.12. The van der Waals surface area contributed by atoms with E-state index in [1.807, 2.05) is 0 Å². The molecule has 8 heteroatoms. The van der Waals surface area contributed by atoms with Gasteiger partial charge in [-0.15, -0.1) is 0 Å². The molecule has 0 saturated carbocycles. The molecule has 0 aliphatic rings. The van der Waals surface area contributed by atoms with Gasteiger partial charge < -0.3 is 20.3 Å². The van der Waals surface area contributed by atoms with Crippen LogP contribution < -0.4 is 0 Å². The van der Waals surface area contributed by atoms with Crippen molar-refractivity contribution in [3.63, 3.8) is 0 Å². The fraction of sp³-hybridized carbons (Fsp3) is 0.333. The van der Waals surface area contributed by atoms with E-state index in [1.54, 1.807) is 6.92 Å². The molecule has 1 aromatic heterocycles. The third kappa shape index (κ3) is 4.89. The van der Waals surface area contributed by atoms with Gasteiger partial charge in [-0.2, -0.15) is 0 Å². The van der Waals surface area contributed by atoms with Crippen LogP contribution in [0.3, 0.4) is 0 Å². The summed E-state index contributed by atoms with van der Waals surface area (Å²) in [5.41, 5.74) is 0. The lowest BCUT2D eigenvalue weighted by Gasteiger charge is -1.98. The minimum Gasteiger partial charge on any atom is -0.478 e. The molecular formula is C9H13N3O5. The predicted molar refractivity (Wildman–Crippen MR) is 58.5 cm³/mol. The Morgan fingerprint density at radius 3 is 2.65 bits per heavy atom. The summed E-state index contributed by atoms with van der Waals surface area (Å²) in [6.45, 7) is 4.70. The fourth-order valence-corrected chi connectivity index (χ4v) is 0.978. The van der Waals surface area contributed by atoms with E-state index in [4.69, 9.17) is 10.2 Å². The van der Waals surface area contributed by atoms with E-state index >= 15 is 0 Å². The number of carboxylic acids is 1. The second-order valence-electron chi connectivity index (χ2n) is 2.84. The Kier molecular flexibility index (Phi) is 6.19. The van der Waals surface area contributed by atoms with Crippen LogP contribution in [0.15, 0.2) is 18.9 Å². The molecule has 0 aromatic carbocycles. The van der Waals surface area contributed by atoms with E-state index < -0.39 is 10.9 Å². The highest BCUT2D eigenvalue weighted by Gasteiger charge is 2.15. The summed E-state index contributed by atoms with van der Waals surface area (Å²) in [5, 5.41) is 26.6. The number of aromatic nitrogens is 2. The standard InChI is InChI=1S/C6H9N3O3.C3H4O2/c1-5-7-4-6(9(11)12)8(5)2-3-10;1-2-3(4)5/h4,10H,2-3H2,1H3;2H,1H2,(H,4,5). The van der Waals surface area contributed by atoms with E-state index in [0.717, 1.165) is 6.08 Å². The van der Waals surface area contributed by atoms with Gasteiger partial charge in [0, 0.05) is 13.0 Å². The number of aryl methyl sites for hydroxylation is 1. The molecule has 0 fully saturated rings. The largest absolute Gasteiger partial charge is 0.478 e. The van der Waals surface area contributed by atoms with E-state index in [0.29, 0.717) is 5.82 Å². The summed E-state index contributed by atoms with van der Waals surface area (Å²) in [6.07, 6.45) is 2.02. The van der Waals surface area contributed by atoms with Crippen molar-refractivity contribution in [3.05, 3.63) is 34.8 Å². The number of carboxylic acid groups (broad SMARTS) is 1. The van der Waals surface area contributed by atoms with Crippen LogP contribution in [0.1, 0.15) is 5.82 Å². The van der Waals surface area contributed by atoms with Gasteiger partial charge in [-0.1, -0.05) is 6.58 Å². The molecule has 1 rings (SSSR count). The molecule has 0 saturated heterocycles. The number of nitrogens with zero attached hydrogens (tertiary/aromatic N) is 3. The summed E-state index contributed by atoms with van der Waals surface area (Å²) in [5.74, 6) is -0.526. The summed E-state index contributed by atoms with van der Waals surface area (Å²) in [4.78, 5) is 22.9. The van der Waals surface area contributed by atoms with Crippen molar-refractivity contribution >= 4 is 11.8 Å². The van der Waals surface area contributed by atoms with E-state index in [1.165, 1.54) is 10.8 Å². The van der Waals surface area contributed by atoms with Crippen molar-refractivity contribution in [2.24, 2.45) is 0 Å². The highest BCUT2D eigenvalue weighted by Crippen LogP contribution is 2.12. The number of hydrogen-bond acceptors (Lipinski definition) is 5. The quantitative estimate of drug-likeness (QED) is 0.447. The molecule has 8 nitrogen and oxygen atoms in total. The first-order valence-corrected chi connectivity index (χ1v) is 4.56. The second-order valence-corrected chi connectivity index (χ2v) is 2.84. The lowest BCUT2D eigenvalue weighted by Crippen LogP contribution is -2.07. The van der Waals surface area contributed by atoms with Crippen LogP contribution in [0.25, 0.3) is 0 Å². The predicted octanol–water partition coefficient (Wildman–Crippen LogP) is 0.349. The average Bonchev–Trinajstić information content (AvgIpc) is 2.62. The van der Waals surface area contributed by atoms with Gasteiger partial charge in [0.2, 0.25) is 0 Å². The third-order valence-corrected chi connectivity index (χ3v) is 1.72. The van der Waals surface area contributed by atoms with Crippen molar-refractivity contribution in [3.8, 4) is 0 Å². The van der Waals surface area contributed by atoms with Gasteiger partial charge in [-0.25, -0.2) is 14.3 Å². The number of aliphatic carboxylic acids is 1. The first-order valence-electron chi connectivity index (χ1n) is 4.56. The lowest BCUT2D eigenvalue weighted by atomic mass is 10.6. The van der Waals surface area contributed by atoms with Gasteiger partial charge in [0.25, 0.3) is 0 Å². The van der Waals surface area contributed by atoms with Crippen molar-refractivity contribution < 1.29 is 19.9 Å². The Labute approximate surface area is 97.0 Å². The van der Waals surface area contributed by atoms with Gasteiger partial charge >= 0.3 is 11.8 Å². The minimum absolute atomic E-state index is 0.0819. The molecule has 0 unspecified atom stereocenters. The molecular weight excluding hydrogens is 230 g/mol. The monoisotopic (exact) mass is 243 g/mol. The van der Waals surface area contributed by atoms with Crippen LogP contribution in [0.4, 0.5) is 5.82 Å². The molecule has 0 spiro atoms. The van der Waals surface area contributed by atoms with Gasteiger partial charge in [0.05, 0.1) is 6.61 Å². The van der Waals surface area contributed by atoms with Gasteiger partial charge in [-0.3, -0.25) is 0 Å². The Balaban J connectivity index is 0.000000437. The highest BCUT2D eigenvalue weighted by atomic mass is 16.6. The lowest BCUT2D eigenvalue weighted by molar-refractivity contribution is -0.392. The van der Waals surface area contributed by atoms with Gasteiger partial charge in [-0.05, 0) is 4.92 Å². The fourth-order valence-electron chi connectivity index (χ4n) is 0.978. The van der Waals surface area contributed by atoms with E-state index in [2.05, 4.69) is 11.6 Å². The molecule has 1 heterocycles. The van der Waals surface area contributed by atoms with Crippen molar-refractivity contribution in [1.82, 2.24) is 9.55 Å². The zero-order chi connectivity index (χ0) is 13.4. The zero-order valence-corrected chi connectivity index (χ0v) is 9.24. The molecule has 0 aliphatic heterocycles. The minimum atomic E-state index is -0.981. The van der Waals surface area contributed by atoms with Crippen LogP contribution in [0, 0.1) is 17.0 Å². The SMILES string of the molecule is C=CC(=O)O.Cc1ncc([N+](=O)[O-])n1CCO. The molecule has 2 N–H and O–H groups in total. The Hall–Kier alpha value is -2.22. The molecule has 0 bridgehead atoms. The topological polar surface area (TPSA) is 118 Å². The first-order chi connectivity index (χ1) is 7.93. The summed E-state index contributed by atoms with van der Waals surface area (Å²) in [6, 6.07) is 0. The highest BCUT2D eigenvalue weighted by molar-refractivity contribution is 5.78. The zero-order valence-electron chi connectivity index (χ0n) is 9.24. The maximum Gasteiger partial charge on any atom is 0.342 e. The molecule has 0 amide bonds. The van der Waals surface area contributed by atoms with Crippen LogP contribution in [-0.2, 0) is 11.3 Å². The molecule has 0 atom stereocenters. The smallest absolute Gasteiger partial charge is 0.342 e. The van der Waals surface area contributed by atoms with Crippen LogP contribution in [-0.4, -0.2) is 37.3 Å². The normalized spacial score (nSPS) is 9.06. The van der Waals surface area contributed by atoms with Gasteiger partial charge in [0.1, 0.15) is 12.7 Å². The average molecular weight is 243 g/mol. The summed E-state index contributed by atoms with van der Waals surface area (Å²) < 4.78 is 1.36. The van der Waals surface area contributed by atoms with Gasteiger partial charge in [0.15, 0.2) is 5.82 Å². The number of aliphatic hydroxyl groups is 1. The maximum atomic E-state index is 10.4. The van der Waals surface area contributed by atoms with Crippen LogP contribution in [0.2, 0.25) is 0 Å². The summed E-state index contributed by atoms with van der Waals surface area (Å²) in [7, 11) is 0. The molecule has 94 valence electrons. The number of imidazole rings is 1. The molecule has 0 aliphatic carbocycles. The van der Waals surface area contributed by atoms with E-state index in [9.17, 15) is 14.9 Å². The number of aliphatic hydroxyl groups excluding tert-OH is 1. The third-order valence-electron chi connectivity index (χ3n) is 1.72. The number of rotatable bonds is 4. The summed E-state index contributed by atoms with van der Waals surface area (Å²) >= 11 is 0. The maximum absolute atomic E-state index is 10.4. The van der Waals surface area contributed by atoms with Crippen molar-refractivity contribution in [2.75, 3.05) is 6.61 Å². The number of nitro groups is 1. The van der Waals surface area contributed by atoms with Crippen molar-refractivity contribution in [2.45, 2.75) is 13.5 Å².